The summed E-state index contributed by atoms with van der Waals surface area (Å²) in [5.41, 5.74) is 2.82. The van der Waals surface area contributed by atoms with Gasteiger partial charge in [-0.05, 0) is 24.6 Å². The van der Waals surface area contributed by atoms with E-state index in [4.69, 9.17) is 0 Å². The molecular weight excluding hydrogens is 238 g/mol. The lowest BCUT2D eigenvalue weighted by molar-refractivity contribution is 0.582. The molecule has 0 amide bonds. The van der Waals surface area contributed by atoms with Crippen molar-refractivity contribution in [2.75, 3.05) is 5.75 Å². The zero-order chi connectivity index (χ0) is 12.5. The van der Waals surface area contributed by atoms with Gasteiger partial charge in [-0.25, -0.2) is 18.1 Å². The zero-order valence-corrected chi connectivity index (χ0v) is 10.7. The lowest BCUT2D eigenvalue weighted by Crippen LogP contribution is -2.24. The number of rotatable bonds is 4. The highest BCUT2D eigenvalue weighted by molar-refractivity contribution is 7.89. The fourth-order valence-corrected chi connectivity index (χ4v) is 2.18. The molecule has 2 aromatic rings. The molecule has 0 atom stereocenters. The van der Waals surface area contributed by atoms with E-state index in [0.29, 0.717) is 6.54 Å². The predicted molar refractivity (Wildman–Crippen MR) is 67.0 cm³/mol. The monoisotopic (exact) mass is 253 g/mol. The summed E-state index contributed by atoms with van der Waals surface area (Å²) < 4.78 is 27.1. The van der Waals surface area contributed by atoms with E-state index in [1.54, 1.807) is 13.3 Å². The third-order valence-corrected chi connectivity index (χ3v) is 4.01. The summed E-state index contributed by atoms with van der Waals surface area (Å²) in [5.74, 6) is 0.0961. The summed E-state index contributed by atoms with van der Waals surface area (Å²) in [6.45, 7) is 1.92. The Kier molecular flexibility index (Phi) is 3.17. The van der Waals surface area contributed by atoms with Gasteiger partial charge in [-0.3, -0.25) is 0 Å². The van der Waals surface area contributed by atoms with Gasteiger partial charge in [0, 0.05) is 13.6 Å². The Morgan fingerprint density at radius 3 is 2.88 bits per heavy atom. The molecule has 0 unspecified atom stereocenters. The molecule has 5 nitrogen and oxygen atoms in total. The van der Waals surface area contributed by atoms with Crippen LogP contribution in [0.2, 0.25) is 0 Å². The molecule has 1 aromatic heterocycles. The predicted octanol–water partition coefficient (Wildman–Crippen LogP) is 1.01. The second kappa shape index (κ2) is 4.46. The molecule has 0 saturated carbocycles. The van der Waals surface area contributed by atoms with E-state index in [1.807, 2.05) is 29.8 Å². The van der Waals surface area contributed by atoms with Crippen LogP contribution in [-0.2, 0) is 23.6 Å². The summed E-state index contributed by atoms with van der Waals surface area (Å²) in [5, 5.41) is 0. The van der Waals surface area contributed by atoms with Gasteiger partial charge in [0.05, 0.1) is 23.1 Å². The lowest BCUT2D eigenvalue weighted by atomic mass is 10.2. The largest absolute Gasteiger partial charge is 0.334 e. The topological polar surface area (TPSA) is 64.0 Å². The van der Waals surface area contributed by atoms with Crippen molar-refractivity contribution >= 4 is 21.1 Å². The second-order valence-corrected chi connectivity index (χ2v) is 6.00. The standard InChI is InChI=1S/C11H15N3O2S/c1-3-17(15,16)13-7-9-4-5-11-10(6-9)12-8-14(11)2/h4-6,8,13H,3,7H2,1-2H3. The van der Waals surface area contributed by atoms with Crippen LogP contribution in [0.3, 0.4) is 0 Å². The maximum Gasteiger partial charge on any atom is 0.211 e. The molecule has 0 fully saturated rings. The number of sulfonamides is 1. The minimum absolute atomic E-state index is 0.0961. The van der Waals surface area contributed by atoms with E-state index in [2.05, 4.69) is 9.71 Å². The molecule has 6 heteroatoms. The molecule has 0 aliphatic heterocycles. The van der Waals surface area contributed by atoms with Crippen LogP contribution in [-0.4, -0.2) is 23.7 Å². The number of benzene rings is 1. The van der Waals surface area contributed by atoms with Gasteiger partial charge < -0.3 is 4.57 Å². The molecule has 0 bridgehead atoms. The van der Waals surface area contributed by atoms with Crippen LogP contribution in [0.4, 0.5) is 0 Å². The fourth-order valence-electron chi connectivity index (χ4n) is 1.59. The summed E-state index contributed by atoms with van der Waals surface area (Å²) >= 11 is 0. The van der Waals surface area contributed by atoms with Crippen LogP contribution in [0.15, 0.2) is 24.5 Å². The quantitative estimate of drug-likeness (QED) is 0.884. The molecule has 2 rings (SSSR count). The zero-order valence-electron chi connectivity index (χ0n) is 9.84. The first-order valence-corrected chi connectivity index (χ1v) is 7.04. The van der Waals surface area contributed by atoms with Gasteiger partial charge >= 0.3 is 0 Å². The third kappa shape index (κ3) is 2.65. The van der Waals surface area contributed by atoms with E-state index in [0.717, 1.165) is 16.6 Å². The van der Waals surface area contributed by atoms with E-state index < -0.39 is 10.0 Å². The van der Waals surface area contributed by atoms with Crippen molar-refractivity contribution in [2.45, 2.75) is 13.5 Å². The van der Waals surface area contributed by atoms with Crippen molar-refractivity contribution < 1.29 is 8.42 Å². The number of aromatic nitrogens is 2. The number of hydrogen-bond acceptors (Lipinski definition) is 3. The maximum atomic E-state index is 11.3. The molecular formula is C11H15N3O2S. The van der Waals surface area contributed by atoms with Gasteiger partial charge in [-0.2, -0.15) is 0 Å². The van der Waals surface area contributed by atoms with Gasteiger partial charge in [0.15, 0.2) is 0 Å². The Bertz CT molecular complexity index is 631. The van der Waals surface area contributed by atoms with Gasteiger partial charge in [-0.15, -0.1) is 0 Å². The number of nitrogens with one attached hydrogen (secondary N) is 1. The Hall–Kier alpha value is -1.40. The van der Waals surface area contributed by atoms with Crippen LogP contribution < -0.4 is 4.72 Å². The minimum atomic E-state index is -3.14. The van der Waals surface area contributed by atoms with Crippen LogP contribution in [0.5, 0.6) is 0 Å². The van der Waals surface area contributed by atoms with Crippen molar-refractivity contribution in [1.29, 1.82) is 0 Å². The highest BCUT2D eigenvalue weighted by atomic mass is 32.2. The fraction of sp³-hybridized carbons (Fsp3) is 0.364. The molecule has 92 valence electrons. The van der Waals surface area contributed by atoms with E-state index >= 15 is 0 Å². The van der Waals surface area contributed by atoms with Gasteiger partial charge in [0.2, 0.25) is 10.0 Å². The average molecular weight is 253 g/mol. The second-order valence-electron chi connectivity index (χ2n) is 3.90. The van der Waals surface area contributed by atoms with Gasteiger partial charge in [-0.1, -0.05) is 6.07 Å². The van der Waals surface area contributed by atoms with Crippen LogP contribution in [0.25, 0.3) is 11.0 Å². The number of imidazole rings is 1. The molecule has 0 saturated heterocycles. The number of aryl methyl sites for hydroxylation is 1. The first-order valence-electron chi connectivity index (χ1n) is 5.39. The maximum absolute atomic E-state index is 11.3. The molecule has 0 spiro atoms. The van der Waals surface area contributed by atoms with Gasteiger partial charge in [0.1, 0.15) is 0 Å². The summed E-state index contributed by atoms with van der Waals surface area (Å²) in [6.07, 6.45) is 1.74. The Labute approximate surface area is 101 Å². The van der Waals surface area contributed by atoms with Gasteiger partial charge in [0.25, 0.3) is 0 Å². The van der Waals surface area contributed by atoms with E-state index in [-0.39, 0.29) is 5.75 Å². The molecule has 0 radical (unpaired) electrons. The lowest BCUT2D eigenvalue weighted by Gasteiger charge is -2.04. The normalized spacial score (nSPS) is 12.1. The van der Waals surface area contributed by atoms with Crippen LogP contribution in [0.1, 0.15) is 12.5 Å². The van der Waals surface area contributed by atoms with Crippen LogP contribution >= 0.6 is 0 Å². The molecule has 0 aliphatic carbocycles. The van der Waals surface area contributed by atoms with Crippen molar-refractivity contribution in [3.63, 3.8) is 0 Å². The third-order valence-electron chi connectivity index (χ3n) is 2.67. The van der Waals surface area contributed by atoms with Crippen molar-refractivity contribution in [2.24, 2.45) is 7.05 Å². The summed E-state index contributed by atoms with van der Waals surface area (Å²) in [6, 6.07) is 5.74. The smallest absolute Gasteiger partial charge is 0.211 e. The molecule has 1 heterocycles. The summed E-state index contributed by atoms with van der Waals surface area (Å²) in [7, 11) is -1.22. The number of hydrogen-bond donors (Lipinski definition) is 1. The molecule has 1 N–H and O–H groups in total. The minimum Gasteiger partial charge on any atom is -0.334 e. The van der Waals surface area contributed by atoms with Crippen molar-refractivity contribution in [3.8, 4) is 0 Å². The van der Waals surface area contributed by atoms with Crippen molar-refractivity contribution in [1.82, 2.24) is 14.3 Å². The summed E-state index contributed by atoms with van der Waals surface area (Å²) in [4.78, 5) is 4.23. The SMILES string of the molecule is CCS(=O)(=O)NCc1ccc2c(c1)ncn2C. The molecule has 1 aromatic carbocycles. The van der Waals surface area contributed by atoms with E-state index in [9.17, 15) is 8.42 Å². The first kappa shape index (κ1) is 12.1. The Balaban J connectivity index is 2.20. The van der Waals surface area contributed by atoms with Crippen LogP contribution in [0, 0.1) is 0 Å². The van der Waals surface area contributed by atoms with Crippen molar-refractivity contribution in [3.05, 3.63) is 30.1 Å². The Morgan fingerprint density at radius 2 is 2.18 bits per heavy atom. The highest BCUT2D eigenvalue weighted by Gasteiger charge is 2.07. The van der Waals surface area contributed by atoms with E-state index in [1.165, 1.54) is 0 Å². The highest BCUT2D eigenvalue weighted by Crippen LogP contribution is 2.13. The number of fused-ring (bicyclic) bond motifs is 1. The molecule has 17 heavy (non-hydrogen) atoms. The Morgan fingerprint density at radius 1 is 1.41 bits per heavy atom. The average Bonchev–Trinajstić information content (AvgIpc) is 2.68. The first-order chi connectivity index (χ1) is 8.02. The number of nitrogens with zero attached hydrogens (tertiary/aromatic N) is 2. The molecule has 0 aliphatic rings.